The number of rotatable bonds is 22. The lowest BCUT2D eigenvalue weighted by Crippen LogP contribution is -2.61. The Labute approximate surface area is 316 Å². The zero-order valence-corrected chi connectivity index (χ0v) is 32.2. The number of aldehydes is 1. The Morgan fingerprint density at radius 3 is 1.93 bits per heavy atom. The molecule has 19 nitrogen and oxygen atoms in total. The van der Waals surface area contributed by atoms with E-state index in [2.05, 4.69) is 36.9 Å². The Bertz CT molecular complexity index is 1370. The first kappa shape index (κ1) is 45.3. The zero-order valence-electron chi connectivity index (χ0n) is 32.2. The number of carbonyl (C=O) groups is 8. The van der Waals surface area contributed by atoms with E-state index in [0.717, 1.165) is 6.42 Å². The van der Waals surface area contributed by atoms with E-state index in [1.165, 1.54) is 11.8 Å². The maximum Gasteiger partial charge on any atom is 0.245 e. The highest BCUT2D eigenvalue weighted by molar-refractivity contribution is 5.98. The molecule has 9 atom stereocenters. The van der Waals surface area contributed by atoms with E-state index in [1.807, 2.05) is 6.92 Å². The molecule has 0 saturated carbocycles. The first-order valence-corrected chi connectivity index (χ1v) is 18.9. The first-order chi connectivity index (χ1) is 25.5. The Kier molecular flexibility index (Phi) is 18.8. The molecule has 0 radical (unpaired) electrons. The summed E-state index contributed by atoms with van der Waals surface area (Å²) in [5, 5.41) is 16.3. The molecule has 0 bridgehead atoms. The molecule has 2 heterocycles. The Hall–Kier alpha value is -4.81. The fourth-order valence-corrected chi connectivity index (χ4v) is 6.33. The number of hydrogen-bond donors (Lipinski definition) is 9. The maximum absolute atomic E-state index is 13.8. The second-order valence-corrected chi connectivity index (χ2v) is 14.2. The van der Waals surface area contributed by atoms with Crippen LogP contribution in [0.25, 0.3) is 0 Å². The molecule has 0 aliphatic carbocycles. The second-order valence-electron chi connectivity index (χ2n) is 14.2. The van der Waals surface area contributed by atoms with Gasteiger partial charge in [0.1, 0.15) is 36.5 Å². The SMILES string of the molecule is CC[C@H](C)[C@H](NC(=O)[C@H](C)NC(=O)[C@@H]1CCCN1)C(=O)N[C@H](C(=O)N[C@@H](CC(N)=O)C(=O)N[C@@H](CCCN=C(N)N)C(=O)N1CCC[C@H]1C=O)[C@@H](C)CC. The molecule has 0 aromatic rings. The minimum absolute atomic E-state index is 0.0781. The molecular weight excluding hydrogens is 702 g/mol. The van der Waals surface area contributed by atoms with Gasteiger partial charge in [0, 0.05) is 13.1 Å². The number of carbonyl (C=O) groups excluding carboxylic acids is 8. The van der Waals surface area contributed by atoms with Crippen LogP contribution in [-0.2, 0) is 38.4 Å². The molecule has 2 fully saturated rings. The van der Waals surface area contributed by atoms with Gasteiger partial charge in [-0.1, -0.05) is 40.5 Å². The normalized spacial score (nSPS) is 20.5. The van der Waals surface area contributed by atoms with Crippen molar-refractivity contribution in [3.8, 4) is 0 Å². The molecule has 12 N–H and O–H groups in total. The standard InChI is InChI=1S/C35H61N11O8/c1-6-19(3)27(45-33(53)28(20(4)7-2)44-29(49)21(5)41-30(50)23-12-8-14-39-23)32(52)43-25(17-26(36)48)31(51)42-24(13-9-15-40-35(37)38)34(54)46-16-10-11-22(46)18-47/h18-25,27-28,39H,6-17H2,1-5H3,(H2,36,48)(H,41,50)(H,42,51)(H,43,52)(H,44,49)(H,45,53)(H4,37,38,40)/t19-,20-,21-,22-,23-,24-,25-,27-,28-/m0/s1. The van der Waals surface area contributed by atoms with Gasteiger partial charge in [0.2, 0.25) is 41.4 Å². The molecule has 2 saturated heterocycles. The van der Waals surface area contributed by atoms with Gasteiger partial charge >= 0.3 is 0 Å². The maximum atomic E-state index is 13.8. The average molecular weight is 764 g/mol. The van der Waals surface area contributed by atoms with Gasteiger partial charge < -0.3 is 58.8 Å². The molecule has 0 aromatic carbocycles. The van der Waals surface area contributed by atoms with Gasteiger partial charge in [-0.25, -0.2) is 0 Å². The van der Waals surface area contributed by atoms with Crippen LogP contribution < -0.4 is 49.1 Å². The van der Waals surface area contributed by atoms with Crippen LogP contribution in [0.4, 0.5) is 0 Å². The summed E-state index contributed by atoms with van der Waals surface area (Å²) in [6.45, 7) is 9.79. The van der Waals surface area contributed by atoms with Crippen LogP contribution >= 0.6 is 0 Å². The third-order valence-corrected chi connectivity index (χ3v) is 10.1. The van der Waals surface area contributed by atoms with E-state index < -0.39 is 90.1 Å². The molecule has 304 valence electrons. The van der Waals surface area contributed by atoms with Crippen molar-refractivity contribution in [2.75, 3.05) is 19.6 Å². The van der Waals surface area contributed by atoms with Gasteiger partial charge in [-0.15, -0.1) is 0 Å². The molecule has 2 rings (SSSR count). The molecule has 7 amide bonds. The van der Waals surface area contributed by atoms with Crippen LogP contribution in [-0.4, -0.2) is 120 Å². The number of amides is 7. The van der Waals surface area contributed by atoms with Crippen LogP contribution in [0.2, 0.25) is 0 Å². The Morgan fingerprint density at radius 2 is 1.39 bits per heavy atom. The van der Waals surface area contributed by atoms with Crippen molar-refractivity contribution in [3.63, 3.8) is 0 Å². The van der Waals surface area contributed by atoms with Crippen LogP contribution in [0.3, 0.4) is 0 Å². The Balaban J connectivity index is 2.25. The van der Waals surface area contributed by atoms with E-state index in [4.69, 9.17) is 17.2 Å². The van der Waals surface area contributed by atoms with Gasteiger partial charge in [0.15, 0.2) is 5.96 Å². The van der Waals surface area contributed by atoms with Gasteiger partial charge in [-0.3, -0.25) is 38.6 Å². The van der Waals surface area contributed by atoms with E-state index in [-0.39, 0.29) is 37.2 Å². The number of nitrogens with zero attached hydrogens (tertiary/aromatic N) is 2. The average Bonchev–Trinajstić information content (AvgIpc) is 3.85. The van der Waals surface area contributed by atoms with E-state index in [9.17, 15) is 38.4 Å². The summed E-state index contributed by atoms with van der Waals surface area (Å²) >= 11 is 0. The first-order valence-electron chi connectivity index (χ1n) is 18.9. The molecule has 2 aliphatic heterocycles. The number of aliphatic imine (C=N–C) groups is 1. The number of primary amides is 1. The highest BCUT2D eigenvalue weighted by Gasteiger charge is 2.38. The van der Waals surface area contributed by atoms with E-state index in [1.54, 1.807) is 20.8 Å². The van der Waals surface area contributed by atoms with Crippen molar-refractivity contribution < 1.29 is 38.4 Å². The summed E-state index contributed by atoms with van der Waals surface area (Å²) in [5.41, 5.74) is 16.3. The predicted molar refractivity (Wildman–Crippen MR) is 200 cm³/mol. The van der Waals surface area contributed by atoms with Crippen molar-refractivity contribution >= 4 is 53.6 Å². The van der Waals surface area contributed by atoms with E-state index in [0.29, 0.717) is 51.5 Å². The highest BCUT2D eigenvalue weighted by atomic mass is 16.2. The largest absolute Gasteiger partial charge is 0.370 e. The molecule has 2 aliphatic rings. The Morgan fingerprint density at radius 1 is 0.796 bits per heavy atom. The van der Waals surface area contributed by atoms with E-state index >= 15 is 0 Å². The van der Waals surface area contributed by atoms with Crippen LogP contribution in [0.5, 0.6) is 0 Å². The predicted octanol–water partition coefficient (Wildman–Crippen LogP) is -2.61. The van der Waals surface area contributed by atoms with Gasteiger partial charge in [-0.2, -0.15) is 0 Å². The summed E-state index contributed by atoms with van der Waals surface area (Å²) < 4.78 is 0. The second kappa shape index (κ2) is 22.4. The molecule has 0 spiro atoms. The summed E-state index contributed by atoms with van der Waals surface area (Å²) in [7, 11) is 0. The van der Waals surface area contributed by atoms with Crippen LogP contribution in [0.1, 0.15) is 92.4 Å². The summed E-state index contributed by atoms with van der Waals surface area (Å²) in [6.07, 6.45) is 3.88. The minimum atomic E-state index is -1.53. The number of nitrogens with one attached hydrogen (secondary N) is 6. The van der Waals surface area contributed by atoms with Crippen LogP contribution in [0, 0.1) is 11.8 Å². The molecule has 19 heteroatoms. The summed E-state index contributed by atoms with van der Waals surface area (Å²) in [6, 6.07) is -6.97. The van der Waals surface area contributed by atoms with Gasteiger partial charge in [-0.05, 0) is 63.8 Å². The smallest absolute Gasteiger partial charge is 0.245 e. The lowest BCUT2D eigenvalue weighted by molar-refractivity contribution is -0.140. The molecule has 54 heavy (non-hydrogen) atoms. The number of nitrogens with two attached hydrogens (primary N) is 3. The summed E-state index contributed by atoms with van der Waals surface area (Å²) in [5.74, 6) is -5.67. The topological polar surface area (TPSA) is 302 Å². The van der Waals surface area contributed by atoms with Crippen LogP contribution in [0.15, 0.2) is 4.99 Å². The van der Waals surface area contributed by atoms with Gasteiger partial charge in [0.25, 0.3) is 0 Å². The lowest BCUT2D eigenvalue weighted by Gasteiger charge is -2.31. The fourth-order valence-electron chi connectivity index (χ4n) is 6.33. The quantitative estimate of drug-likeness (QED) is 0.0238. The third-order valence-electron chi connectivity index (χ3n) is 10.1. The zero-order chi connectivity index (χ0) is 40.5. The molecular formula is C35H61N11O8. The lowest BCUT2D eigenvalue weighted by atomic mass is 9.94. The molecule has 0 unspecified atom stereocenters. The third kappa shape index (κ3) is 13.9. The van der Waals surface area contributed by atoms with Crippen molar-refractivity contribution in [1.82, 2.24) is 36.8 Å². The van der Waals surface area contributed by atoms with Crippen molar-refractivity contribution in [2.45, 2.75) is 135 Å². The number of likely N-dealkylation sites (tertiary alicyclic amines) is 1. The molecule has 0 aromatic heterocycles. The minimum Gasteiger partial charge on any atom is -0.370 e. The van der Waals surface area contributed by atoms with Crippen molar-refractivity contribution in [1.29, 1.82) is 0 Å². The van der Waals surface area contributed by atoms with Crippen molar-refractivity contribution in [3.05, 3.63) is 0 Å². The summed E-state index contributed by atoms with van der Waals surface area (Å²) in [4.78, 5) is 110. The monoisotopic (exact) mass is 763 g/mol. The van der Waals surface area contributed by atoms with Crippen molar-refractivity contribution in [2.24, 2.45) is 34.0 Å². The number of guanidine groups is 1. The fraction of sp³-hybridized carbons (Fsp3) is 0.743. The highest BCUT2D eigenvalue weighted by Crippen LogP contribution is 2.19. The van der Waals surface area contributed by atoms with Gasteiger partial charge in [0.05, 0.1) is 18.5 Å². The number of hydrogen-bond acceptors (Lipinski definition) is 10.